The van der Waals surface area contributed by atoms with Gasteiger partial charge in [0.2, 0.25) is 0 Å². The third kappa shape index (κ3) is 5.50. The number of aryl methyl sites for hydroxylation is 1. The fraction of sp³-hybridized carbons (Fsp3) is 0.320. The fourth-order valence-corrected chi connectivity index (χ4v) is 3.38. The molecular formula is C25H29NO3. The number of carbonyl (C=O) groups is 1. The van der Waals surface area contributed by atoms with E-state index in [2.05, 4.69) is 11.4 Å². The molecule has 0 saturated carbocycles. The Kier molecular flexibility index (Phi) is 7.51. The molecule has 0 unspecified atom stereocenters. The van der Waals surface area contributed by atoms with E-state index in [4.69, 9.17) is 9.47 Å². The number of para-hydroxylation sites is 1. The van der Waals surface area contributed by atoms with Crippen molar-refractivity contribution in [1.29, 1.82) is 0 Å². The van der Waals surface area contributed by atoms with E-state index >= 15 is 0 Å². The zero-order valence-electron chi connectivity index (χ0n) is 17.2. The molecule has 0 fully saturated rings. The van der Waals surface area contributed by atoms with Crippen LogP contribution in [0.4, 0.5) is 0 Å². The molecule has 0 aliphatic heterocycles. The Labute approximate surface area is 172 Å². The number of fused-ring (bicyclic) bond motifs is 1. The van der Waals surface area contributed by atoms with Gasteiger partial charge in [0.05, 0.1) is 6.61 Å². The maximum Gasteiger partial charge on any atom is 0.261 e. The van der Waals surface area contributed by atoms with Gasteiger partial charge in [-0.2, -0.15) is 0 Å². The van der Waals surface area contributed by atoms with E-state index in [1.807, 2.05) is 74.5 Å². The number of hydrogen-bond donors (Lipinski definition) is 1. The van der Waals surface area contributed by atoms with E-state index in [-0.39, 0.29) is 5.91 Å². The van der Waals surface area contributed by atoms with Crippen molar-refractivity contribution in [2.45, 2.75) is 39.2 Å². The minimum absolute atomic E-state index is 0.0708. The Morgan fingerprint density at radius 1 is 0.931 bits per heavy atom. The maximum absolute atomic E-state index is 12.6. The first-order valence-electron chi connectivity index (χ1n) is 10.4. The second-order valence-corrected chi connectivity index (χ2v) is 6.93. The van der Waals surface area contributed by atoms with Gasteiger partial charge < -0.3 is 14.8 Å². The third-order valence-electron chi connectivity index (χ3n) is 4.88. The first kappa shape index (κ1) is 20.7. The Hall–Kier alpha value is -3.01. The van der Waals surface area contributed by atoms with E-state index < -0.39 is 6.10 Å². The molecule has 0 saturated heterocycles. The van der Waals surface area contributed by atoms with Crippen molar-refractivity contribution in [3.05, 3.63) is 72.3 Å². The molecule has 4 nitrogen and oxygen atoms in total. The summed E-state index contributed by atoms with van der Waals surface area (Å²) in [6, 6.07) is 22.0. The zero-order chi connectivity index (χ0) is 20.5. The molecule has 29 heavy (non-hydrogen) atoms. The summed E-state index contributed by atoms with van der Waals surface area (Å²) in [5.41, 5.74) is 1.17. The molecule has 3 aromatic carbocycles. The van der Waals surface area contributed by atoms with E-state index in [0.29, 0.717) is 19.6 Å². The van der Waals surface area contributed by atoms with Gasteiger partial charge in [0.1, 0.15) is 11.5 Å². The summed E-state index contributed by atoms with van der Waals surface area (Å²) in [4.78, 5) is 12.6. The number of amides is 1. The highest BCUT2D eigenvalue weighted by molar-refractivity contribution is 5.89. The largest absolute Gasteiger partial charge is 0.494 e. The lowest BCUT2D eigenvalue weighted by molar-refractivity contribution is -0.128. The summed E-state index contributed by atoms with van der Waals surface area (Å²) in [6.45, 7) is 5.21. The van der Waals surface area contributed by atoms with Crippen molar-refractivity contribution in [1.82, 2.24) is 5.32 Å². The highest BCUT2D eigenvalue weighted by Gasteiger charge is 2.18. The minimum Gasteiger partial charge on any atom is -0.494 e. The Balaban J connectivity index is 1.54. The Morgan fingerprint density at radius 3 is 2.48 bits per heavy atom. The SMILES string of the molecule is CCOc1ccccc1CCCNC(=O)[C@@H](CC)Oc1cccc2ccccc12. The molecule has 0 radical (unpaired) electrons. The monoisotopic (exact) mass is 391 g/mol. The van der Waals surface area contributed by atoms with Crippen LogP contribution in [0.15, 0.2) is 66.7 Å². The number of nitrogens with one attached hydrogen (secondary N) is 1. The molecule has 0 bridgehead atoms. The number of rotatable bonds is 10. The van der Waals surface area contributed by atoms with E-state index in [1.54, 1.807) is 0 Å². The average Bonchev–Trinajstić information content (AvgIpc) is 2.76. The highest BCUT2D eigenvalue weighted by Crippen LogP contribution is 2.26. The van der Waals surface area contributed by atoms with Crippen LogP contribution in [0.25, 0.3) is 10.8 Å². The average molecular weight is 392 g/mol. The summed E-state index contributed by atoms with van der Waals surface area (Å²) in [7, 11) is 0. The van der Waals surface area contributed by atoms with Gasteiger partial charge in [-0.1, -0.05) is 61.5 Å². The van der Waals surface area contributed by atoms with Crippen molar-refractivity contribution in [3.8, 4) is 11.5 Å². The van der Waals surface area contributed by atoms with Gasteiger partial charge in [0.15, 0.2) is 6.10 Å². The van der Waals surface area contributed by atoms with Crippen molar-refractivity contribution in [2.24, 2.45) is 0 Å². The molecule has 0 spiro atoms. The lowest BCUT2D eigenvalue weighted by atomic mass is 10.1. The summed E-state index contributed by atoms with van der Waals surface area (Å²) < 4.78 is 11.7. The van der Waals surface area contributed by atoms with Crippen molar-refractivity contribution in [3.63, 3.8) is 0 Å². The molecule has 4 heteroatoms. The second-order valence-electron chi connectivity index (χ2n) is 6.93. The topological polar surface area (TPSA) is 47.6 Å². The van der Waals surface area contributed by atoms with Gasteiger partial charge in [-0.25, -0.2) is 0 Å². The molecule has 1 atom stereocenters. The van der Waals surface area contributed by atoms with Crippen molar-refractivity contribution < 1.29 is 14.3 Å². The lowest BCUT2D eigenvalue weighted by Gasteiger charge is -2.18. The predicted octanol–water partition coefficient (Wildman–Crippen LogP) is 5.14. The van der Waals surface area contributed by atoms with Crippen LogP contribution in [0.3, 0.4) is 0 Å². The van der Waals surface area contributed by atoms with Gasteiger partial charge in [-0.3, -0.25) is 4.79 Å². The molecule has 0 heterocycles. The number of hydrogen-bond acceptors (Lipinski definition) is 3. The summed E-state index contributed by atoms with van der Waals surface area (Å²) in [5, 5.41) is 5.15. The Bertz CT molecular complexity index is 933. The van der Waals surface area contributed by atoms with Crippen LogP contribution in [-0.2, 0) is 11.2 Å². The molecule has 0 aromatic heterocycles. The number of carbonyl (C=O) groups excluding carboxylic acids is 1. The molecule has 1 N–H and O–H groups in total. The van der Waals surface area contributed by atoms with Gasteiger partial charge in [0, 0.05) is 11.9 Å². The van der Waals surface area contributed by atoms with Gasteiger partial charge in [-0.05, 0) is 49.3 Å². The van der Waals surface area contributed by atoms with Crippen LogP contribution < -0.4 is 14.8 Å². The van der Waals surface area contributed by atoms with Gasteiger partial charge in [-0.15, -0.1) is 0 Å². The second kappa shape index (κ2) is 10.5. The van der Waals surface area contributed by atoms with E-state index in [9.17, 15) is 4.79 Å². The quantitative estimate of drug-likeness (QED) is 0.487. The van der Waals surface area contributed by atoms with Crippen molar-refractivity contribution in [2.75, 3.05) is 13.2 Å². The lowest BCUT2D eigenvalue weighted by Crippen LogP contribution is -2.38. The molecule has 3 rings (SSSR count). The van der Waals surface area contributed by atoms with Crippen LogP contribution in [0.2, 0.25) is 0 Å². The standard InChI is InChI=1S/C25H29NO3/c1-3-22(29-24-17-9-13-19-11-5-7-15-21(19)24)25(27)26-18-10-14-20-12-6-8-16-23(20)28-4-2/h5-9,11-13,15-17,22H,3-4,10,14,18H2,1-2H3,(H,26,27)/t22-/m1/s1. The smallest absolute Gasteiger partial charge is 0.261 e. The van der Waals surface area contributed by atoms with Crippen LogP contribution in [0, 0.1) is 0 Å². The number of ether oxygens (including phenoxy) is 2. The van der Waals surface area contributed by atoms with E-state index in [0.717, 1.165) is 35.1 Å². The predicted molar refractivity (Wildman–Crippen MR) is 118 cm³/mol. The Morgan fingerprint density at radius 2 is 1.66 bits per heavy atom. The molecule has 3 aromatic rings. The first-order valence-corrected chi connectivity index (χ1v) is 10.4. The third-order valence-corrected chi connectivity index (χ3v) is 4.88. The van der Waals surface area contributed by atoms with Crippen LogP contribution in [0.1, 0.15) is 32.3 Å². The first-order chi connectivity index (χ1) is 14.2. The molecule has 152 valence electrons. The normalized spacial score (nSPS) is 11.8. The maximum atomic E-state index is 12.6. The minimum atomic E-state index is -0.503. The summed E-state index contributed by atoms with van der Waals surface area (Å²) >= 11 is 0. The highest BCUT2D eigenvalue weighted by atomic mass is 16.5. The number of benzene rings is 3. The van der Waals surface area contributed by atoms with Gasteiger partial charge in [0.25, 0.3) is 5.91 Å². The zero-order valence-corrected chi connectivity index (χ0v) is 17.2. The fourth-order valence-electron chi connectivity index (χ4n) is 3.38. The summed E-state index contributed by atoms with van der Waals surface area (Å²) in [6.07, 6.45) is 1.82. The van der Waals surface area contributed by atoms with Crippen LogP contribution in [-0.4, -0.2) is 25.2 Å². The molecule has 0 aliphatic carbocycles. The molecule has 1 amide bonds. The molecule has 0 aliphatic rings. The van der Waals surface area contributed by atoms with Gasteiger partial charge >= 0.3 is 0 Å². The van der Waals surface area contributed by atoms with Crippen molar-refractivity contribution >= 4 is 16.7 Å². The van der Waals surface area contributed by atoms with Crippen LogP contribution >= 0.6 is 0 Å². The van der Waals surface area contributed by atoms with E-state index in [1.165, 1.54) is 5.56 Å². The summed E-state index contributed by atoms with van der Waals surface area (Å²) in [5.74, 6) is 1.60. The van der Waals surface area contributed by atoms with Crippen LogP contribution in [0.5, 0.6) is 11.5 Å². The molecular weight excluding hydrogens is 362 g/mol.